The van der Waals surface area contributed by atoms with Gasteiger partial charge >= 0.3 is 6.18 Å². The van der Waals surface area contributed by atoms with E-state index < -0.39 is 11.7 Å². The molecule has 4 rings (SSSR count). The molecule has 0 atom stereocenters. The number of hydrogen-bond donors (Lipinski definition) is 2. The summed E-state index contributed by atoms with van der Waals surface area (Å²) in [7, 11) is 0. The topological polar surface area (TPSA) is 53.6 Å². The standard InChI is InChI=1S/C16H11F3N4S/c17-16(18,19)9-5-6-10-12(7-9)22-14(21-10)8-20-15-23-11-3-1-2-4-13(11)24-15/h1-7H,8H2,(H,20,23)(H,21,22). The van der Waals surface area contributed by atoms with Crippen LogP contribution in [0.15, 0.2) is 42.5 Å². The molecule has 0 spiro atoms. The van der Waals surface area contributed by atoms with Gasteiger partial charge in [-0.05, 0) is 30.3 Å². The number of aromatic nitrogens is 3. The fourth-order valence-electron chi connectivity index (χ4n) is 2.43. The van der Waals surface area contributed by atoms with Gasteiger partial charge in [0.2, 0.25) is 0 Å². The molecule has 2 N–H and O–H groups in total. The van der Waals surface area contributed by atoms with Crippen LogP contribution in [0.3, 0.4) is 0 Å². The maximum absolute atomic E-state index is 12.7. The number of halogens is 3. The van der Waals surface area contributed by atoms with Crippen LogP contribution < -0.4 is 5.32 Å². The molecule has 2 aromatic carbocycles. The maximum atomic E-state index is 12.7. The molecule has 0 saturated heterocycles. The molecule has 24 heavy (non-hydrogen) atoms. The molecule has 4 nitrogen and oxygen atoms in total. The van der Waals surface area contributed by atoms with Crippen molar-refractivity contribution < 1.29 is 13.2 Å². The van der Waals surface area contributed by atoms with Gasteiger partial charge in [-0.2, -0.15) is 13.2 Å². The zero-order valence-electron chi connectivity index (χ0n) is 12.2. The van der Waals surface area contributed by atoms with E-state index >= 15 is 0 Å². The third-order valence-electron chi connectivity index (χ3n) is 3.56. The van der Waals surface area contributed by atoms with Gasteiger partial charge in [0, 0.05) is 0 Å². The van der Waals surface area contributed by atoms with Gasteiger partial charge in [-0.3, -0.25) is 0 Å². The number of fused-ring (bicyclic) bond motifs is 2. The second-order valence-electron chi connectivity index (χ2n) is 5.25. The molecule has 0 amide bonds. The molecule has 0 aliphatic carbocycles. The Hall–Kier alpha value is -2.61. The lowest BCUT2D eigenvalue weighted by atomic mass is 10.2. The summed E-state index contributed by atoms with van der Waals surface area (Å²) in [6.07, 6.45) is -4.36. The first-order valence-electron chi connectivity index (χ1n) is 7.14. The number of alkyl halides is 3. The van der Waals surface area contributed by atoms with Gasteiger partial charge in [-0.1, -0.05) is 23.5 Å². The van der Waals surface area contributed by atoms with Crippen LogP contribution in [0.5, 0.6) is 0 Å². The van der Waals surface area contributed by atoms with Crippen molar-refractivity contribution in [3.8, 4) is 0 Å². The second kappa shape index (κ2) is 5.48. The lowest BCUT2D eigenvalue weighted by Gasteiger charge is -2.05. The first-order valence-corrected chi connectivity index (χ1v) is 7.96. The minimum atomic E-state index is -4.36. The average Bonchev–Trinajstić information content (AvgIpc) is 3.14. The van der Waals surface area contributed by atoms with Crippen LogP contribution in [0.4, 0.5) is 18.3 Å². The van der Waals surface area contributed by atoms with Gasteiger partial charge in [0.15, 0.2) is 5.13 Å². The van der Waals surface area contributed by atoms with Gasteiger partial charge in [0.25, 0.3) is 0 Å². The first kappa shape index (κ1) is 14.9. The molecular weight excluding hydrogens is 337 g/mol. The van der Waals surface area contributed by atoms with Gasteiger partial charge in [-0.25, -0.2) is 9.97 Å². The van der Waals surface area contributed by atoms with Crippen molar-refractivity contribution in [3.63, 3.8) is 0 Å². The van der Waals surface area contributed by atoms with Crippen LogP contribution in [0, 0.1) is 0 Å². The Labute approximate surface area is 138 Å². The summed E-state index contributed by atoms with van der Waals surface area (Å²) in [4.78, 5) is 11.7. The van der Waals surface area contributed by atoms with Gasteiger partial charge in [0.05, 0.1) is 33.4 Å². The highest BCUT2D eigenvalue weighted by Gasteiger charge is 2.30. The van der Waals surface area contributed by atoms with Crippen LogP contribution in [-0.2, 0) is 12.7 Å². The van der Waals surface area contributed by atoms with Crippen molar-refractivity contribution >= 4 is 37.7 Å². The third kappa shape index (κ3) is 2.80. The minimum absolute atomic E-state index is 0.357. The number of aromatic amines is 1. The van der Waals surface area contributed by atoms with Crippen molar-refractivity contribution in [1.29, 1.82) is 0 Å². The lowest BCUT2D eigenvalue weighted by Crippen LogP contribution is -2.04. The average molecular weight is 348 g/mol. The molecule has 0 radical (unpaired) electrons. The Balaban J connectivity index is 1.56. The second-order valence-corrected chi connectivity index (χ2v) is 6.28. The van der Waals surface area contributed by atoms with Crippen LogP contribution >= 0.6 is 11.3 Å². The van der Waals surface area contributed by atoms with E-state index in [1.165, 1.54) is 17.4 Å². The number of anilines is 1. The van der Waals surface area contributed by atoms with E-state index in [9.17, 15) is 13.2 Å². The summed E-state index contributed by atoms with van der Waals surface area (Å²) >= 11 is 1.52. The quantitative estimate of drug-likeness (QED) is 0.559. The zero-order valence-corrected chi connectivity index (χ0v) is 13.0. The molecule has 2 aromatic heterocycles. The Morgan fingerprint density at radius 2 is 1.88 bits per heavy atom. The molecule has 4 aromatic rings. The van der Waals surface area contributed by atoms with Gasteiger partial charge < -0.3 is 10.3 Å². The Morgan fingerprint density at radius 3 is 2.67 bits per heavy atom. The Bertz CT molecular complexity index is 986. The van der Waals surface area contributed by atoms with E-state index in [1.54, 1.807) is 0 Å². The number of nitrogens with one attached hydrogen (secondary N) is 2. The first-order chi connectivity index (χ1) is 11.5. The van der Waals surface area contributed by atoms with Crippen LogP contribution in [-0.4, -0.2) is 15.0 Å². The van der Waals surface area contributed by atoms with Gasteiger partial charge in [-0.15, -0.1) is 0 Å². The van der Waals surface area contributed by atoms with Crippen LogP contribution in [0.25, 0.3) is 21.3 Å². The van der Waals surface area contributed by atoms with Crippen molar-refractivity contribution in [2.24, 2.45) is 0 Å². The SMILES string of the molecule is FC(F)(F)c1ccc2nc(CNc3nc4ccccc4s3)[nH]c2c1. The molecule has 0 unspecified atom stereocenters. The number of thiazole rings is 1. The normalized spacial score (nSPS) is 12.1. The van der Waals surface area contributed by atoms with Crippen molar-refractivity contribution in [1.82, 2.24) is 15.0 Å². The number of benzene rings is 2. The molecule has 2 heterocycles. The number of imidazole rings is 1. The summed E-state index contributed by atoms with van der Waals surface area (Å²) in [5, 5.41) is 3.89. The Kier molecular flexibility index (Phi) is 3.42. The van der Waals surface area contributed by atoms with Crippen LogP contribution in [0.1, 0.15) is 11.4 Å². The molecular formula is C16H11F3N4S. The van der Waals surface area contributed by atoms with E-state index in [-0.39, 0.29) is 0 Å². The number of rotatable bonds is 3. The van der Waals surface area contributed by atoms with Gasteiger partial charge in [0.1, 0.15) is 5.82 Å². The fourth-order valence-corrected chi connectivity index (χ4v) is 3.29. The van der Waals surface area contributed by atoms with E-state index in [1.807, 2.05) is 24.3 Å². The zero-order chi connectivity index (χ0) is 16.7. The van der Waals surface area contributed by atoms with E-state index in [4.69, 9.17) is 0 Å². The Morgan fingerprint density at radius 1 is 1.04 bits per heavy atom. The predicted molar refractivity (Wildman–Crippen MR) is 88.0 cm³/mol. The molecule has 0 bridgehead atoms. The highest BCUT2D eigenvalue weighted by molar-refractivity contribution is 7.22. The van der Waals surface area contributed by atoms with E-state index in [0.29, 0.717) is 23.4 Å². The number of hydrogen-bond acceptors (Lipinski definition) is 4. The maximum Gasteiger partial charge on any atom is 0.416 e. The number of para-hydroxylation sites is 1. The summed E-state index contributed by atoms with van der Waals surface area (Å²) < 4.78 is 39.3. The smallest absolute Gasteiger partial charge is 0.354 e. The molecule has 8 heteroatoms. The highest BCUT2D eigenvalue weighted by Crippen LogP contribution is 2.31. The monoisotopic (exact) mass is 348 g/mol. The third-order valence-corrected chi connectivity index (χ3v) is 4.55. The summed E-state index contributed by atoms with van der Waals surface area (Å²) in [5.41, 5.74) is 1.09. The number of nitrogens with zero attached hydrogens (tertiary/aromatic N) is 2. The summed E-state index contributed by atoms with van der Waals surface area (Å²) in [5.74, 6) is 0.559. The van der Waals surface area contributed by atoms with Crippen molar-refractivity contribution in [2.45, 2.75) is 12.7 Å². The van der Waals surface area contributed by atoms with Crippen LogP contribution in [0.2, 0.25) is 0 Å². The van der Waals surface area contributed by atoms with E-state index in [0.717, 1.165) is 27.5 Å². The highest BCUT2D eigenvalue weighted by atomic mass is 32.1. The van der Waals surface area contributed by atoms with Crippen molar-refractivity contribution in [2.75, 3.05) is 5.32 Å². The predicted octanol–water partition coefficient (Wildman–Crippen LogP) is 4.80. The lowest BCUT2D eigenvalue weighted by molar-refractivity contribution is -0.137. The van der Waals surface area contributed by atoms with Crippen molar-refractivity contribution in [3.05, 3.63) is 53.9 Å². The summed E-state index contributed by atoms with van der Waals surface area (Å²) in [6, 6.07) is 11.3. The molecule has 0 aliphatic rings. The largest absolute Gasteiger partial charge is 0.416 e. The minimum Gasteiger partial charge on any atom is -0.354 e. The summed E-state index contributed by atoms with van der Waals surface area (Å²) in [6.45, 7) is 0.357. The molecule has 0 aliphatic heterocycles. The molecule has 0 fully saturated rings. The van der Waals surface area contributed by atoms with E-state index in [2.05, 4.69) is 20.3 Å². The number of H-pyrrole nitrogens is 1. The fraction of sp³-hybridized carbons (Fsp3) is 0.125. The molecule has 122 valence electrons. The molecule has 0 saturated carbocycles.